The molecule has 0 bridgehead atoms. The lowest BCUT2D eigenvalue weighted by atomic mass is 10.1. The van der Waals surface area contributed by atoms with E-state index < -0.39 is 17.8 Å². The van der Waals surface area contributed by atoms with Crippen molar-refractivity contribution in [3.63, 3.8) is 0 Å². The van der Waals surface area contributed by atoms with Crippen LogP contribution in [0.3, 0.4) is 0 Å². The first-order valence-corrected chi connectivity index (χ1v) is 6.78. The lowest BCUT2D eigenvalue weighted by Crippen LogP contribution is -2.47. The van der Waals surface area contributed by atoms with E-state index in [1.807, 2.05) is 6.07 Å². The van der Waals surface area contributed by atoms with Crippen LogP contribution < -0.4 is 4.90 Å². The van der Waals surface area contributed by atoms with Gasteiger partial charge in [-0.25, -0.2) is 4.39 Å². The van der Waals surface area contributed by atoms with Crippen molar-refractivity contribution in [2.45, 2.75) is 12.5 Å². The van der Waals surface area contributed by atoms with Gasteiger partial charge in [0, 0.05) is 6.54 Å². The lowest BCUT2D eigenvalue weighted by molar-refractivity contribution is -0.138. The number of nitriles is 1. The van der Waals surface area contributed by atoms with Gasteiger partial charge in [-0.1, -0.05) is 0 Å². The third-order valence-electron chi connectivity index (χ3n) is 3.13. The number of hydrogen-bond donors (Lipinski definition) is 1. The third-order valence-corrected chi connectivity index (χ3v) is 3.90. The molecule has 1 heterocycles. The summed E-state index contributed by atoms with van der Waals surface area (Å²) in [4.78, 5) is 12.5. The molecule has 20 heavy (non-hydrogen) atoms. The topological polar surface area (TPSA) is 73.6 Å². The zero-order valence-electron chi connectivity index (χ0n) is 10.5. The summed E-state index contributed by atoms with van der Waals surface area (Å²) in [5.74, 6) is -1.51. The molecule has 2 rings (SSSR count). The Morgan fingerprint density at radius 2 is 2.40 bits per heavy atom. The van der Waals surface area contributed by atoms with Gasteiger partial charge in [-0.3, -0.25) is 4.79 Å². The normalized spacial score (nSPS) is 18.6. The number of carbonyl (C=O) groups is 1. The van der Waals surface area contributed by atoms with Crippen LogP contribution in [0.15, 0.2) is 16.6 Å². The number of anilines is 1. The molecule has 5 nitrogen and oxygen atoms in total. The molecule has 0 saturated carbocycles. The first-order chi connectivity index (χ1) is 9.54. The minimum atomic E-state index is -0.960. The number of nitrogens with zero attached hydrogens (tertiary/aromatic N) is 2. The highest BCUT2D eigenvalue weighted by Gasteiger charge is 2.28. The Morgan fingerprint density at radius 3 is 3.05 bits per heavy atom. The molecule has 1 N–H and O–H groups in total. The van der Waals surface area contributed by atoms with Crippen LogP contribution in [0.1, 0.15) is 12.0 Å². The molecule has 1 aliphatic heterocycles. The van der Waals surface area contributed by atoms with Crippen molar-refractivity contribution in [2.24, 2.45) is 0 Å². The highest BCUT2D eigenvalue weighted by Crippen LogP contribution is 2.31. The van der Waals surface area contributed by atoms with Crippen LogP contribution in [0.25, 0.3) is 0 Å². The predicted octanol–water partition coefficient (Wildman–Crippen LogP) is 2.14. The van der Waals surface area contributed by atoms with Gasteiger partial charge in [0.15, 0.2) is 5.82 Å². The van der Waals surface area contributed by atoms with E-state index in [1.54, 1.807) is 4.90 Å². The van der Waals surface area contributed by atoms with E-state index in [9.17, 15) is 9.18 Å². The number of carboxylic acids is 1. The minimum Gasteiger partial charge on any atom is -0.481 e. The number of benzene rings is 1. The summed E-state index contributed by atoms with van der Waals surface area (Å²) in [6.45, 7) is 1.06. The monoisotopic (exact) mass is 342 g/mol. The zero-order chi connectivity index (χ0) is 14.7. The summed E-state index contributed by atoms with van der Waals surface area (Å²) in [7, 11) is 0. The van der Waals surface area contributed by atoms with Crippen LogP contribution in [-0.4, -0.2) is 36.9 Å². The Hall–Kier alpha value is -1.65. The lowest BCUT2D eigenvalue weighted by Gasteiger charge is -2.37. The van der Waals surface area contributed by atoms with E-state index in [-0.39, 0.29) is 28.8 Å². The Labute approximate surface area is 123 Å². The maximum atomic E-state index is 14.3. The minimum absolute atomic E-state index is 0.0954. The molecule has 1 saturated heterocycles. The predicted molar refractivity (Wildman–Crippen MR) is 73.0 cm³/mol. The molecule has 1 fully saturated rings. The molecule has 0 amide bonds. The van der Waals surface area contributed by atoms with E-state index >= 15 is 0 Å². The number of ether oxygens (including phenoxy) is 1. The standard InChI is InChI=1S/C13H12BrFN2O3/c14-12-8(6-16)1-2-10(13(12)15)17-3-4-20-7-9(17)5-11(18)19/h1-2,9H,3-5,7H2,(H,18,19). The fraction of sp³-hybridized carbons (Fsp3) is 0.385. The highest BCUT2D eigenvalue weighted by molar-refractivity contribution is 9.10. The second-order valence-corrected chi connectivity index (χ2v) is 5.19. The molecule has 0 aromatic heterocycles. The summed E-state index contributed by atoms with van der Waals surface area (Å²) in [5, 5.41) is 17.8. The highest BCUT2D eigenvalue weighted by atomic mass is 79.9. The number of hydrogen-bond acceptors (Lipinski definition) is 4. The smallest absolute Gasteiger partial charge is 0.305 e. The van der Waals surface area contributed by atoms with Gasteiger partial charge in [-0.2, -0.15) is 5.26 Å². The van der Waals surface area contributed by atoms with Crippen molar-refractivity contribution in [1.29, 1.82) is 5.26 Å². The van der Waals surface area contributed by atoms with Crippen LogP contribution in [0.2, 0.25) is 0 Å². The van der Waals surface area contributed by atoms with Crippen molar-refractivity contribution in [1.82, 2.24) is 0 Å². The zero-order valence-corrected chi connectivity index (χ0v) is 12.1. The van der Waals surface area contributed by atoms with Gasteiger partial charge in [0.2, 0.25) is 0 Å². The van der Waals surface area contributed by atoms with Gasteiger partial charge < -0.3 is 14.7 Å². The molecule has 1 aromatic carbocycles. The summed E-state index contributed by atoms with van der Waals surface area (Å²) in [6, 6.07) is 4.47. The van der Waals surface area contributed by atoms with E-state index in [4.69, 9.17) is 15.1 Å². The Kier molecular flexibility index (Phi) is 4.57. The van der Waals surface area contributed by atoms with E-state index in [1.165, 1.54) is 12.1 Å². The van der Waals surface area contributed by atoms with Gasteiger partial charge in [0.05, 0.1) is 41.4 Å². The Morgan fingerprint density at radius 1 is 1.65 bits per heavy atom. The van der Waals surface area contributed by atoms with Gasteiger partial charge in [-0.05, 0) is 28.1 Å². The average molecular weight is 343 g/mol. The largest absolute Gasteiger partial charge is 0.481 e. The molecule has 1 atom stereocenters. The van der Waals surface area contributed by atoms with Crippen LogP contribution in [0, 0.1) is 17.1 Å². The second-order valence-electron chi connectivity index (χ2n) is 4.39. The second kappa shape index (κ2) is 6.20. The fourth-order valence-corrected chi connectivity index (χ4v) is 2.61. The summed E-state index contributed by atoms with van der Waals surface area (Å²) < 4.78 is 19.7. The quantitative estimate of drug-likeness (QED) is 0.910. The first-order valence-electron chi connectivity index (χ1n) is 5.99. The summed E-state index contributed by atoms with van der Waals surface area (Å²) >= 11 is 3.06. The van der Waals surface area contributed by atoms with Gasteiger partial charge in [-0.15, -0.1) is 0 Å². The van der Waals surface area contributed by atoms with Gasteiger partial charge in [0.1, 0.15) is 6.07 Å². The van der Waals surface area contributed by atoms with E-state index in [2.05, 4.69) is 15.9 Å². The number of rotatable bonds is 3. The van der Waals surface area contributed by atoms with Crippen molar-refractivity contribution in [2.75, 3.05) is 24.7 Å². The molecule has 106 valence electrons. The summed E-state index contributed by atoms with van der Waals surface area (Å²) in [5.41, 5.74) is 0.486. The molecule has 0 aliphatic carbocycles. The number of carboxylic acid groups (broad SMARTS) is 1. The maximum Gasteiger partial charge on any atom is 0.305 e. The van der Waals surface area contributed by atoms with E-state index in [0.717, 1.165) is 0 Å². The van der Waals surface area contributed by atoms with Crippen molar-refractivity contribution < 1.29 is 19.0 Å². The van der Waals surface area contributed by atoms with Crippen molar-refractivity contribution in [3.05, 3.63) is 28.0 Å². The average Bonchev–Trinajstić information content (AvgIpc) is 2.42. The molecule has 1 unspecified atom stereocenters. The van der Waals surface area contributed by atoms with Crippen molar-refractivity contribution in [3.8, 4) is 6.07 Å². The van der Waals surface area contributed by atoms with E-state index in [0.29, 0.717) is 13.2 Å². The molecule has 1 aliphatic rings. The maximum absolute atomic E-state index is 14.3. The van der Waals surface area contributed by atoms with Crippen LogP contribution in [0.5, 0.6) is 0 Å². The van der Waals surface area contributed by atoms with Crippen LogP contribution >= 0.6 is 15.9 Å². The fourth-order valence-electron chi connectivity index (χ4n) is 2.19. The molecular weight excluding hydrogens is 331 g/mol. The molecular formula is C13H12BrFN2O3. The summed E-state index contributed by atoms with van der Waals surface area (Å²) in [6.07, 6.45) is -0.128. The van der Waals surface area contributed by atoms with Crippen LogP contribution in [0.4, 0.5) is 10.1 Å². The molecule has 7 heteroatoms. The van der Waals surface area contributed by atoms with Crippen LogP contribution in [-0.2, 0) is 9.53 Å². The van der Waals surface area contributed by atoms with Gasteiger partial charge >= 0.3 is 5.97 Å². The number of aliphatic carboxylic acids is 1. The Bertz CT molecular complexity index is 573. The SMILES string of the molecule is N#Cc1ccc(N2CCOCC2CC(=O)O)c(F)c1Br. The number of morpholine rings is 1. The molecule has 0 radical (unpaired) electrons. The third kappa shape index (κ3) is 2.92. The molecule has 1 aromatic rings. The number of halogens is 2. The van der Waals surface area contributed by atoms with Crippen molar-refractivity contribution >= 4 is 27.6 Å². The van der Waals surface area contributed by atoms with Gasteiger partial charge in [0.25, 0.3) is 0 Å². The molecule has 0 spiro atoms. The first kappa shape index (κ1) is 14.8. The Balaban J connectivity index is 2.35.